The summed E-state index contributed by atoms with van der Waals surface area (Å²) in [5.41, 5.74) is 1.07. The van der Waals surface area contributed by atoms with Gasteiger partial charge in [0.05, 0.1) is 17.8 Å². The van der Waals surface area contributed by atoms with Crippen LogP contribution in [0, 0.1) is 0 Å². The van der Waals surface area contributed by atoms with Crippen LogP contribution >= 0.6 is 11.3 Å². The topological polar surface area (TPSA) is 112 Å². The lowest BCUT2D eigenvalue weighted by atomic mass is 10.1. The fraction of sp³-hybridized carbons (Fsp3) is 0.316. The molecule has 0 saturated carbocycles. The first-order valence-corrected chi connectivity index (χ1v) is 11.7. The van der Waals surface area contributed by atoms with E-state index in [1.165, 1.54) is 17.4 Å². The average molecular weight is 435 g/mol. The van der Waals surface area contributed by atoms with Crippen LogP contribution in [0.5, 0.6) is 0 Å². The van der Waals surface area contributed by atoms with Crippen molar-refractivity contribution < 1.29 is 13.2 Å². The fourth-order valence-electron chi connectivity index (χ4n) is 2.85. The van der Waals surface area contributed by atoms with Crippen LogP contribution < -0.4 is 10.3 Å². The predicted molar refractivity (Wildman–Crippen MR) is 115 cm³/mol. The number of fused-ring (bicyclic) bond motifs is 1. The molecule has 1 amide bonds. The molecule has 0 atom stereocenters. The van der Waals surface area contributed by atoms with Crippen LogP contribution in [-0.4, -0.2) is 41.5 Å². The molecule has 0 unspecified atom stereocenters. The van der Waals surface area contributed by atoms with Crippen LogP contribution in [0.3, 0.4) is 0 Å². The van der Waals surface area contributed by atoms with E-state index < -0.39 is 10.0 Å². The molecule has 2 aromatic heterocycles. The highest BCUT2D eigenvalue weighted by Crippen LogP contribution is 2.17. The first-order valence-electron chi connectivity index (χ1n) is 9.19. The number of sulfonamides is 1. The summed E-state index contributed by atoms with van der Waals surface area (Å²) < 4.78 is 26.6. The molecule has 0 spiro atoms. The van der Waals surface area contributed by atoms with Gasteiger partial charge in [-0.2, -0.15) is 0 Å². The fourth-order valence-corrected chi connectivity index (χ4v) is 4.21. The molecule has 154 valence electrons. The van der Waals surface area contributed by atoms with Crippen LogP contribution in [0.1, 0.15) is 36.5 Å². The Kier molecular flexibility index (Phi) is 6.33. The number of nitrogens with one attached hydrogen (secondary N) is 2. The zero-order valence-corrected chi connectivity index (χ0v) is 17.8. The van der Waals surface area contributed by atoms with E-state index in [9.17, 15) is 18.0 Å². The first-order chi connectivity index (χ1) is 13.8. The number of hydrogen-bond acceptors (Lipinski definition) is 6. The van der Waals surface area contributed by atoms with Crippen molar-refractivity contribution in [3.05, 3.63) is 57.5 Å². The van der Waals surface area contributed by atoms with Gasteiger partial charge in [0.2, 0.25) is 10.0 Å². The molecule has 29 heavy (non-hydrogen) atoms. The third-order valence-electron chi connectivity index (χ3n) is 4.25. The van der Waals surface area contributed by atoms with Gasteiger partial charge in [-0.25, -0.2) is 13.4 Å². The number of aromatic nitrogens is 2. The van der Waals surface area contributed by atoms with E-state index in [2.05, 4.69) is 14.7 Å². The van der Waals surface area contributed by atoms with Crippen molar-refractivity contribution in [3.8, 4) is 0 Å². The zero-order valence-electron chi connectivity index (χ0n) is 16.1. The highest BCUT2D eigenvalue weighted by molar-refractivity contribution is 7.92. The molecule has 2 N–H and O–H groups in total. The molecule has 3 aromatic rings. The Hall–Kier alpha value is -2.72. The van der Waals surface area contributed by atoms with Gasteiger partial charge >= 0.3 is 0 Å². The SMILES string of the molecule is CCCN(Cc1nc2ccsc2c(=O)[nH]1)C(=O)c1cccc(NS(=O)(=O)CC)c1. The van der Waals surface area contributed by atoms with E-state index in [4.69, 9.17) is 0 Å². The third-order valence-corrected chi connectivity index (χ3v) is 6.46. The van der Waals surface area contributed by atoms with Crippen LogP contribution in [0.2, 0.25) is 0 Å². The summed E-state index contributed by atoms with van der Waals surface area (Å²) in [7, 11) is -3.44. The van der Waals surface area contributed by atoms with E-state index in [0.29, 0.717) is 33.8 Å². The molecule has 8 nitrogen and oxygen atoms in total. The van der Waals surface area contributed by atoms with Gasteiger partial charge in [0.25, 0.3) is 11.5 Å². The van der Waals surface area contributed by atoms with Crippen molar-refractivity contribution in [2.24, 2.45) is 0 Å². The number of carbonyl (C=O) groups is 1. The van der Waals surface area contributed by atoms with Crippen molar-refractivity contribution in [2.75, 3.05) is 17.0 Å². The maximum absolute atomic E-state index is 13.1. The maximum Gasteiger partial charge on any atom is 0.268 e. The Balaban J connectivity index is 1.86. The molecule has 0 aliphatic carbocycles. The van der Waals surface area contributed by atoms with Gasteiger partial charge in [0, 0.05) is 17.8 Å². The summed E-state index contributed by atoms with van der Waals surface area (Å²) in [6, 6.07) is 8.14. The van der Waals surface area contributed by atoms with Gasteiger partial charge in [-0.15, -0.1) is 11.3 Å². The molecule has 0 bridgehead atoms. The number of thiophene rings is 1. The second-order valence-corrected chi connectivity index (χ2v) is 9.39. The number of benzene rings is 1. The van der Waals surface area contributed by atoms with Gasteiger partial charge in [0.1, 0.15) is 10.5 Å². The minimum absolute atomic E-state index is 0.0583. The third kappa shape index (κ3) is 5.01. The zero-order chi connectivity index (χ0) is 21.0. The van der Waals surface area contributed by atoms with Crippen molar-refractivity contribution in [2.45, 2.75) is 26.8 Å². The molecule has 0 aliphatic heterocycles. The standard InChI is InChI=1S/C19H22N4O4S2/c1-3-9-23(12-16-20-15-8-10-28-17(15)18(24)21-16)19(25)13-6-5-7-14(11-13)22-29(26,27)4-2/h5-8,10-11,22H,3-4,9,12H2,1-2H3,(H,20,21,24). The van der Waals surface area contributed by atoms with Crippen LogP contribution in [0.25, 0.3) is 10.2 Å². The van der Waals surface area contributed by atoms with Crippen LogP contribution in [0.15, 0.2) is 40.5 Å². The molecule has 3 rings (SSSR count). The first kappa shape index (κ1) is 21.0. The van der Waals surface area contributed by atoms with Gasteiger partial charge in [-0.05, 0) is 43.0 Å². The van der Waals surface area contributed by atoms with Crippen molar-refractivity contribution in [3.63, 3.8) is 0 Å². The molecule has 2 heterocycles. The average Bonchev–Trinajstić information content (AvgIpc) is 3.16. The largest absolute Gasteiger partial charge is 0.331 e. The number of rotatable bonds is 8. The number of carbonyl (C=O) groups excluding carboxylic acids is 1. The van der Waals surface area contributed by atoms with Gasteiger partial charge in [-0.1, -0.05) is 13.0 Å². The van der Waals surface area contributed by atoms with Crippen LogP contribution in [0.4, 0.5) is 5.69 Å². The summed E-state index contributed by atoms with van der Waals surface area (Å²) in [6.45, 7) is 4.11. The van der Waals surface area contributed by atoms with E-state index in [1.54, 1.807) is 41.5 Å². The number of nitrogens with zero attached hydrogens (tertiary/aromatic N) is 2. The Labute approximate surface area is 172 Å². The van der Waals surface area contributed by atoms with Crippen LogP contribution in [-0.2, 0) is 16.6 Å². The number of anilines is 1. The minimum atomic E-state index is -3.44. The van der Waals surface area contributed by atoms with E-state index in [0.717, 1.165) is 6.42 Å². The summed E-state index contributed by atoms with van der Waals surface area (Å²) in [5, 5.41) is 1.80. The highest BCUT2D eigenvalue weighted by Gasteiger charge is 2.18. The molecular formula is C19H22N4O4S2. The lowest BCUT2D eigenvalue weighted by molar-refractivity contribution is 0.0739. The van der Waals surface area contributed by atoms with Gasteiger partial charge in [0.15, 0.2) is 0 Å². The van der Waals surface area contributed by atoms with E-state index >= 15 is 0 Å². The molecule has 0 radical (unpaired) electrons. The normalized spacial score (nSPS) is 11.5. The van der Waals surface area contributed by atoms with E-state index in [-0.39, 0.29) is 23.8 Å². The number of hydrogen-bond donors (Lipinski definition) is 2. The Bertz CT molecular complexity index is 1180. The Morgan fingerprint density at radius 1 is 1.28 bits per heavy atom. The molecule has 10 heteroatoms. The summed E-state index contributed by atoms with van der Waals surface area (Å²) in [5.74, 6) is 0.0834. The maximum atomic E-state index is 13.1. The molecule has 0 saturated heterocycles. The van der Waals surface area contributed by atoms with Crippen molar-refractivity contribution in [1.29, 1.82) is 0 Å². The summed E-state index contributed by atoms with van der Waals surface area (Å²) in [6.07, 6.45) is 0.721. The number of amides is 1. The molecule has 0 aliphatic rings. The van der Waals surface area contributed by atoms with Gasteiger partial charge < -0.3 is 9.88 Å². The summed E-state index contributed by atoms with van der Waals surface area (Å²) in [4.78, 5) is 34.0. The second kappa shape index (κ2) is 8.75. The summed E-state index contributed by atoms with van der Waals surface area (Å²) >= 11 is 1.32. The lowest BCUT2D eigenvalue weighted by Crippen LogP contribution is -2.32. The second-order valence-electron chi connectivity index (χ2n) is 6.46. The number of H-pyrrole nitrogens is 1. The predicted octanol–water partition coefficient (Wildman–Crippen LogP) is 2.80. The highest BCUT2D eigenvalue weighted by atomic mass is 32.2. The monoisotopic (exact) mass is 434 g/mol. The minimum Gasteiger partial charge on any atom is -0.331 e. The van der Waals surface area contributed by atoms with E-state index in [1.807, 2.05) is 6.92 Å². The Morgan fingerprint density at radius 2 is 2.07 bits per heavy atom. The van der Waals surface area contributed by atoms with Crippen molar-refractivity contribution >= 4 is 43.2 Å². The Morgan fingerprint density at radius 3 is 2.79 bits per heavy atom. The van der Waals surface area contributed by atoms with Gasteiger partial charge in [-0.3, -0.25) is 14.3 Å². The molecular weight excluding hydrogens is 412 g/mol. The lowest BCUT2D eigenvalue weighted by Gasteiger charge is -2.22. The number of aromatic amines is 1. The smallest absolute Gasteiger partial charge is 0.268 e. The molecule has 0 fully saturated rings. The quantitative estimate of drug-likeness (QED) is 0.566. The molecule has 1 aromatic carbocycles. The van der Waals surface area contributed by atoms with Crippen molar-refractivity contribution in [1.82, 2.24) is 14.9 Å².